The zero-order valence-electron chi connectivity index (χ0n) is 5.41. The molecular weight excluding hydrogens is 178 g/mol. The van der Waals surface area contributed by atoms with Gasteiger partial charge in [-0.25, -0.2) is 9.97 Å². The van der Waals surface area contributed by atoms with Gasteiger partial charge in [-0.3, -0.25) is 0 Å². The zero-order chi connectivity index (χ0) is 7.84. The van der Waals surface area contributed by atoms with Crippen molar-refractivity contribution in [2.75, 3.05) is 0 Å². The van der Waals surface area contributed by atoms with Gasteiger partial charge in [0.15, 0.2) is 0 Å². The molecule has 2 radical (unpaired) electrons. The summed E-state index contributed by atoms with van der Waals surface area (Å²) < 4.78 is 0.733. The largest absolute Gasteiger partial charge is 0.226 e. The van der Waals surface area contributed by atoms with E-state index >= 15 is 0 Å². The first kappa shape index (κ1) is 7.07. The average molecular weight is 180 g/mol. The van der Waals surface area contributed by atoms with Crippen molar-refractivity contribution < 1.29 is 0 Å². The van der Waals surface area contributed by atoms with Gasteiger partial charge in [-0.2, -0.15) is 0 Å². The molecule has 0 aliphatic heterocycles. The van der Waals surface area contributed by atoms with Crippen LogP contribution in [0.4, 0.5) is 0 Å². The van der Waals surface area contributed by atoms with E-state index in [0.29, 0.717) is 0 Å². The van der Waals surface area contributed by atoms with Crippen LogP contribution in [0.5, 0.6) is 0 Å². The molecular formula is C6H2BClN2S. The number of thiophene rings is 1. The molecule has 0 aliphatic rings. The summed E-state index contributed by atoms with van der Waals surface area (Å²) in [6, 6.07) is 1.83. The molecule has 52 valence electrons. The third-order valence-corrected chi connectivity index (χ3v) is 2.32. The van der Waals surface area contributed by atoms with E-state index in [1.807, 2.05) is 6.07 Å². The van der Waals surface area contributed by atoms with Crippen molar-refractivity contribution >= 4 is 45.8 Å². The van der Waals surface area contributed by atoms with Gasteiger partial charge in [0.1, 0.15) is 12.7 Å². The van der Waals surface area contributed by atoms with E-state index in [-0.39, 0.29) is 5.28 Å². The summed E-state index contributed by atoms with van der Waals surface area (Å²) in [5, 5.41) is 1.20. The summed E-state index contributed by atoms with van der Waals surface area (Å²) in [5.74, 6) is 0. The van der Waals surface area contributed by atoms with Gasteiger partial charge in [-0.05, 0) is 22.4 Å². The fraction of sp³-hybridized carbons (Fsp3) is 0. The van der Waals surface area contributed by atoms with Gasteiger partial charge in [-0.15, -0.1) is 11.3 Å². The zero-order valence-corrected chi connectivity index (χ0v) is 6.99. The van der Waals surface area contributed by atoms with Gasteiger partial charge in [-0.1, -0.05) is 0 Å². The predicted octanol–water partition coefficient (Wildman–Crippen LogP) is 1.14. The Bertz CT molecular complexity index is 400. The number of nitrogens with zero attached hydrogens (tertiary/aromatic N) is 2. The Morgan fingerprint density at radius 3 is 3.18 bits per heavy atom. The third kappa shape index (κ3) is 1.24. The van der Waals surface area contributed by atoms with E-state index in [2.05, 4.69) is 9.97 Å². The van der Waals surface area contributed by atoms with Crippen molar-refractivity contribution in [1.29, 1.82) is 0 Å². The first-order valence-electron chi connectivity index (χ1n) is 2.93. The van der Waals surface area contributed by atoms with Crippen LogP contribution in [0.1, 0.15) is 0 Å². The van der Waals surface area contributed by atoms with Crippen LogP contribution in [0, 0.1) is 0 Å². The van der Waals surface area contributed by atoms with Crippen LogP contribution in [0.15, 0.2) is 12.3 Å². The Hall–Kier alpha value is -0.605. The van der Waals surface area contributed by atoms with Crippen LogP contribution in [-0.4, -0.2) is 17.8 Å². The molecule has 2 aromatic rings. The van der Waals surface area contributed by atoms with E-state index in [0.717, 1.165) is 15.0 Å². The lowest BCUT2D eigenvalue weighted by Gasteiger charge is -1.86. The summed E-state index contributed by atoms with van der Waals surface area (Å²) in [6.45, 7) is 0. The maximum Gasteiger partial charge on any atom is 0.223 e. The molecule has 11 heavy (non-hydrogen) atoms. The van der Waals surface area contributed by atoms with E-state index in [9.17, 15) is 0 Å². The third-order valence-electron chi connectivity index (χ3n) is 1.26. The lowest BCUT2D eigenvalue weighted by molar-refractivity contribution is 1.23. The quantitative estimate of drug-likeness (QED) is 0.449. The van der Waals surface area contributed by atoms with Crippen molar-refractivity contribution in [2.45, 2.75) is 0 Å². The maximum absolute atomic E-state index is 5.57. The number of rotatable bonds is 0. The van der Waals surface area contributed by atoms with Crippen molar-refractivity contribution in [1.82, 2.24) is 9.97 Å². The molecule has 5 heteroatoms. The Labute approximate surface area is 73.6 Å². The molecule has 0 bridgehead atoms. The van der Waals surface area contributed by atoms with E-state index < -0.39 is 0 Å². The molecule has 2 rings (SSSR count). The minimum absolute atomic E-state index is 0.263. The van der Waals surface area contributed by atoms with Crippen LogP contribution in [0.3, 0.4) is 0 Å². The maximum atomic E-state index is 5.57. The monoisotopic (exact) mass is 180 g/mol. The molecule has 2 aromatic heterocycles. The van der Waals surface area contributed by atoms with E-state index in [4.69, 9.17) is 19.4 Å². The van der Waals surface area contributed by atoms with Crippen molar-refractivity contribution in [3.63, 3.8) is 0 Å². The number of fused-ring (bicyclic) bond motifs is 1. The first-order chi connectivity index (χ1) is 5.25. The Kier molecular flexibility index (Phi) is 1.58. The molecule has 0 amide bonds. The topological polar surface area (TPSA) is 25.8 Å². The number of hydrogen-bond acceptors (Lipinski definition) is 3. The minimum Gasteiger partial charge on any atom is -0.226 e. The van der Waals surface area contributed by atoms with Crippen molar-refractivity contribution in [2.24, 2.45) is 0 Å². The molecule has 0 fully saturated rings. The highest BCUT2D eigenvalue weighted by Gasteiger charge is 1.99. The molecule has 0 saturated carbocycles. The van der Waals surface area contributed by atoms with Gasteiger partial charge in [0.25, 0.3) is 0 Å². The number of hydrogen-bond donors (Lipinski definition) is 0. The Balaban J connectivity index is 2.82. The van der Waals surface area contributed by atoms with Crippen LogP contribution >= 0.6 is 22.9 Å². The summed E-state index contributed by atoms with van der Waals surface area (Å²) in [6.07, 6.45) is 1.66. The lowest BCUT2D eigenvalue weighted by Crippen LogP contribution is -1.88. The highest BCUT2D eigenvalue weighted by Crippen LogP contribution is 2.15. The van der Waals surface area contributed by atoms with E-state index in [1.165, 1.54) is 11.3 Å². The van der Waals surface area contributed by atoms with Gasteiger partial charge >= 0.3 is 0 Å². The van der Waals surface area contributed by atoms with Crippen LogP contribution < -0.4 is 4.78 Å². The highest BCUT2D eigenvalue weighted by atomic mass is 35.5. The van der Waals surface area contributed by atoms with E-state index in [1.54, 1.807) is 6.20 Å². The summed E-state index contributed by atoms with van der Waals surface area (Å²) in [5.41, 5.74) is 0. The molecule has 2 heterocycles. The molecule has 0 saturated heterocycles. The fourth-order valence-electron chi connectivity index (χ4n) is 0.830. The summed E-state index contributed by atoms with van der Waals surface area (Å²) >= 11 is 6.98. The normalized spacial score (nSPS) is 10.6. The highest BCUT2D eigenvalue weighted by molar-refractivity contribution is 7.25. The molecule has 0 N–H and O–H groups in total. The predicted molar refractivity (Wildman–Crippen MR) is 47.8 cm³/mol. The van der Waals surface area contributed by atoms with Gasteiger partial charge < -0.3 is 0 Å². The van der Waals surface area contributed by atoms with Crippen LogP contribution in [-0.2, 0) is 0 Å². The molecule has 0 aromatic carbocycles. The molecule has 2 nitrogen and oxygen atoms in total. The second-order valence-corrected chi connectivity index (χ2v) is 3.45. The van der Waals surface area contributed by atoms with Gasteiger partial charge in [0.2, 0.25) is 5.28 Å². The second-order valence-electron chi connectivity index (χ2n) is 2.05. The minimum atomic E-state index is 0.263. The van der Waals surface area contributed by atoms with Crippen molar-refractivity contribution in [3.05, 3.63) is 17.5 Å². The second kappa shape index (κ2) is 2.46. The van der Waals surface area contributed by atoms with Crippen molar-refractivity contribution in [3.8, 4) is 0 Å². The van der Waals surface area contributed by atoms with Crippen LogP contribution in [0.2, 0.25) is 5.28 Å². The fourth-order valence-corrected chi connectivity index (χ4v) is 1.78. The smallest absolute Gasteiger partial charge is 0.223 e. The number of aromatic nitrogens is 2. The summed E-state index contributed by atoms with van der Waals surface area (Å²) in [7, 11) is 5.55. The molecule has 0 aliphatic carbocycles. The standard InChI is InChI=1S/C6H2BClN2S/c7-4-1-3-2-9-6(8)10-5(3)11-4/h1-2H. The Morgan fingerprint density at radius 2 is 2.36 bits per heavy atom. The number of halogens is 1. The Morgan fingerprint density at radius 1 is 1.55 bits per heavy atom. The van der Waals surface area contributed by atoms with Gasteiger partial charge in [0.05, 0.1) is 0 Å². The summed E-state index contributed by atoms with van der Waals surface area (Å²) in [4.78, 5) is 8.65. The molecule has 0 spiro atoms. The van der Waals surface area contributed by atoms with Gasteiger partial charge in [0, 0.05) is 11.6 Å². The molecule has 0 atom stereocenters. The lowest BCUT2D eigenvalue weighted by atomic mass is 10.1. The van der Waals surface area contributed by atoms with Crippen LogP contribution in [0.25, 0.3) is 10.2 Å². The SMILES string of the molecule is [B]c1cc2cnc(Cl)nc2s1. The average Bonchev–Trinajstić information content (AvgIpc) is 2.27. The first-order valence-corrected chi connectivity index (χ1v) is 4.13. The molecule has 0 unspecified atom stereocenters.